The van der Waals surface area contributed by atoms with Crippen LogP contribution in [0.3, 0.4) is 0 Å². The summed E-state index contributed by atoms with van der Waals surface area (Å²) in [6, 6.07) is 0. The summed E-state index contributed by atoms with van der Waals surface area (Å²) in [4.78, 5) is 2.17. The molecule has 0 rings (SSSR count). The van der Waals surface area contributed by atoms with Crippen molar-refractivity contribution < 1.29 is 5.11 Å². The van der Waals surface area contributed by atoms with E-state index in [-0.39, 0.29) is 6.10 Å². The first-order chi connectivity index (χ1) is 5.02. The number of nitrogens with zero attached hydrogens (tertiary/aromatic N) is 1. The molecule has 2 nitrogen and oxygen atoms in total. The van der Waals surface area contributed by atoms with Gasteiger partial charge in [0.05, 0.1) is 6.10 Å². The SMILES string of the molecule is CC(C)CCN(C)CC(C)O. The molecule has 0 aliphatic carbocycles. The highest BCUT2D eigenvalue weighted by molar-refractivity contribution is 4.57. The van der Waals surface area contributed by atoms with Crippen LogP contribution in [0.5, 0.6) is 0 Å². The maximum Gasteiger partial charge on any atom is 0.0638 e. The highest BCUT2D eigenvalue weighted by Gasteiger charge is 2.02. The lowest BCUT2D eigenvalue weighted by molar-refractivity contribution is 0.138. The Kier molecular flexibility index (Phi) is 5.51. The van der Waals surface area contributed by atoms with Crippen molar-refractivity contribution in [1.29, 1.82) is 0 Å². The van der Waals surface area contributed by atoms with Crippen molar-refractivity contribution in [3.05, 3.63) is 0 Å². The Morgan fingerprint density at radius 3 is 2.18 bits per heavy atom. The van der Waals surface area contributed by atoms with E-state index in [1.54, 1.807) is 0 Å². The van der Waals surface area contributed by atoms with E-state index in [0.29, 0.717) is 0 Å². The lowest BCUT2D eigenvalue weighted by Crippen LogP contribution is -2.28. The molecule has 1 N–H and O–H groups in total. The zero-order valence-corrected chi connectivity index (χ0v) is 8.17. The smallest absolute Gasteiger partial charge is 0.0638 e. The van der Waals surface area contributed by atoms with Crippen LogP contribution in [0.2, 0.25) is 0 Å². The highest BCUT2D eigenvalue weighted by atomic mass is 16.3. The summed E-state index contributed by atoms with van der Waals surface area (Å²) in [5, 5.41) is 9.05. The molecule has 0 aliphatic rings. The van der Waals surface area contributed by atoms with Gasteiger partial charge < -0.3 is 10.0 Å². The third-order valence-corrected chi connectivity index (χ3v) is 1.66. The van der Waals surface area contributed by atoms with E-state index in [2.05, 4.69) is 25.8 Å². The Balaban J connectivity index is 3.29. The first-order valence-electron chi connectivity index (χ1n) is 4.39. The summed E-state index contributed by atoms with van der Waals surface area (Å²) < 4.78 is 0. The van der Waals surface area contributed by atoms with Crippen LogP contribution in [-0.2, 0) is 0 Å². The molecule has 68 valence electrons. The number of hydrogen-bond acceptors (Lipinski definition) is 2. The second-order valence-corrected chi connectivity index (χ2v) is 3.79. The summed E-state index contributed by atoms with van der Waals surface area (Å²) in [7, 11) is 2.05. The second kappa shape index (κ2) is 5.56. The van der Waals surface area contributed by atoms with Crippen molar-refractivity contribution in [2.24, 2.45) is 5.92 Å². The number of aliphatic hydroxyl groups excluding tert-OH is 1. The third kappa shape index (κ3) is 7.82. The van der Waals surface area contributed by atoms with Gasteiger partial charge in [0.1, 0.15) is 0 Å². The number of hydrogen-bond donors (Lipinski definition) is 1. The average molecular weight is 159 g/mol. The predicted molar refractivity (Wildman–Crippen MR) is 48.6 cm³/mol. The minimum absolute atomic E-state index is 0.202. The molecule has 0 aromatic rings. The van der Waals surface area contributed by atoms with E-state index >= 15 is 0 Å². The van der Waals surface area contributed by atoms with Crippen LogP contribution >= 0.6 is 0 Å². The monoisotopic (exact) mass is 159 g/mol. The standard InChI is InChI=1S/C9H21NO/c1-8(2)5-6-10(4)7-9(3)11/h8-9,11H,5-7H2,1-4H3. The zero-order valence-electron chi connectivity index (χ0n) is 8.17. The second-order valence-electron chi connectivity index (χ2n) is 3.79. The molecular weight excluding hydrogens is 138 g/mol. The zero-order chi connectivity index (χ0) is 8.85. The predicted octanol–water partition coefficient (Wildman–Crippen LogP) is 1.35. The topological polar surface area (TPSA) is 23.5 Å². The van der Waals surface area contributed by atoms with Gasteiger partial charge in [0.2, 0.25) is 0 Å². The van der Waals surface area contributed by atoms with Crippen LogP contribution < -0.4 is 0 Å². The molecule has 0 aliphatic heterocycles. The molecule has 0 radical (unpaired) electrons. The van der Waals surface area contributed by atoms with Crippen LogP contribution in [0.25, 0.3) is 0 Å². The summed E-state index contributed by atoms with van der Waals surface area (Å²) in [6.07, 6.45) is 1.01. The van der Waals surface area contributed by atoms with E-state index < -0.39 is 0 Å². The van der Waals surface area contributed by atoms with Crippen molar-refractivity contribution >= 4 is 0 Å². The lowest BCUT2D eigenvalue weighted by Gasteiger charge is -2.18. The van der Waals surface area contributed by atoms with Gasteiger partial charge in [-0.2, -0.15) is 0 Å². The van der Waals surface area contributed by atoms with Gasteiger partial charge in [0.15, 0.2) is 0 Å². The van der Waals surface area contributed by atoms with Crippen molar-refractivity contribution in [2.75, 3.05) is 20.1 Å². The fraction of sp³-hybridized carbons (Fsp3) is 1.00. The van der Waals surface area contributed by atoms with Gasteiger partial charge in [-0.15, -0.1) is 0 Å². The summed E-state index contributed by atoms with van der Waals surface area (Å²) in [5.41, 5.74) is 0. The van der Waals surface area contributed by atoms with E-state index in [4.69, 9.17) is 5.11 Å². The van der Waals surface area contributed by atoms with Crippen molar-refractivity contribution in [1.82, 2.24) is 4.90 Å². The first-order valence-corrected chi connectivity index (χ1v) is 4.39. The van der Waals surface area contributed by atoms with Gasteiger partial charge in [-0.1, -0.05) is 13.8 Å². The van der Waals surface area contributed by atoms with Crippen LogP contribution in [0.4, 0.5) is 0 Å². The Labute approximate surface area is 70.2 Å². The molecule has 0 saturated carbocycles. The molecule has 0 aromatic heterocycles. The third-order valence-electron chi connectivity index (χ3n) is 1.66. The number of rotatable bonds is 5. The molecule has 1 unspecified atom stereocenters. The van der Waals surface area contributed by atoms with Gasteiger partial charge in [-0.25, -0.2) is 0 Å². The van der Waals surface area contributed by atoms with E-state index in [9.17, 15) is 0 Å². The van der Waals surface area contributed by atoms with E-state index in [1.165, 1.54) is 6.42 Å². The number of likely N-dealkylation sites (N-methyl/N-ethyl adjacent to an activating group) is 1. The van der Waals surface area contributed by atoms with Crippen LogP contribution in [0.15, 0.2) is 0 Å². The molecule has 1 atom stereocenters. The molecule has 0 spiro atoms. The largest absolute Gasteiger partial charge is 0.392 e. The lowest BCUT2D eigenvalue weighted by atomic mass is 10.1. The normalized spacial score (nSPS) is 14.5. The molecule has 0 bridgehead atoms. The van der Waals surface area contributed by atoms with E-state index in [0.717, 1.165) is 19.0 Å². The summed E-state index contributed by atoms with van der Waals surface area (Å²) in [5.74, 6) is 0.756. The van der Waals surface area contributed by atoms with Crippen LogP contribution in [0, 0.1) is 5.92 Å². The summed E-state index contributed by atoms with van der Waals surface area (Å²) >= 11 is 0. The Morgan fingerprint density at radius 1 is 1.27 bits per heavy atom. The van der Waals surface area contributed by atoms with Gasteiger partial charge >= 0.3 is 0 Å². The molecule has 11 heavy (non-hydrogen) atoms. The Morgan fingerprint density at radius 2 is 1.82 bits per heavy atom. The van der Waals surface area contributed by atoms with Gasteiger partial charge in [0, 0.05) is 6.54 Å². The molecule has 2 heteroatoms. The highest BCUT2D eigenvalue weighted by Crippen LogP contribution is 2.00. The van der Waals surface area contributed by atoms with Crippen LogP contribution in [0.1, 0.15) is 27.2 Å². The molecule has 0 saturated heterocycles. The summed E-state index contributed by atoms with van der Waals surface area (Å²) in [6.45, 7) is 8.13. The molecular formula is C9H21NO. The maximum absolute atomic E-state index is 9.05. The van der Waals surface area contributed by atoms with Crippen LogP contribution in [-0.4, -0.2) is 36.2 Å². The van der Waals surface area contributed by atoms with E-state index in [1.807, 2.05) is 6.92 Å². The first kappa shape index (κ1) is 10.9. The Bertz CT molecular complexity index is 91.6. The molecule has 0 amide bonds. The fourth-order valence-corrected chi connectivity index (χ4v) is 1.02. The average Bonchev–Trinajstić information content (AvgIpc) is 1.82. The van der Waals surface area contributed by atoms with Gasteiger partial charge in [0.25, 0.3) is 0 Å². The molecule has 0 aromatic carbocycles. The molecule has 0 fully saturated rings. The fourth-order valence-electron chi connectivity index (χ4n) is 1.02. The van der Waals surface area contributed by atoms with Crippen molar-refractivity contribution in [3.63, 3.8) is 0 Å². The van der Waals surface area contributed by atoms with Gasteiger partial charge in [-0.05, 0) is 32.9 Å². The minimum Gasteiger partial charge on any atom is -0.392 e. The minimum atomic E-state index is -0.202. The Hall–Kier alpha value is -0.0800. The van der Waals surface area contributed by atoms with Gasteiger partial charge in [-0.3, -0.25) is 0 Å². The number of aliphatic hydroxyl groups is 1. The van der Waals surface area contributed by atoms with Crippen molar-refractivity contribution in [2.45, 2.75) is 33.3 Å². The molecule has 0 heterocycles. The quantitative estimate of drug-likeness (QED) is 0.654. The van der Waals surface area contributed by atoms with Crippen molar-refractivity contribution in [3.8, 4) is 0 Å². The maximum atomic E-state index is 9.05.